The first-order chi connectivity index (χ1) is 51.4. The van der Waals surface area contributed by atoms with Gasteiger partial charge in [0.15, 0.2) is 17.5 Å². The summed E-state index contributed by atoms with van der Waals surface area (Å²) in [6.45, 7) is 20.0. The van der Waals surface area contributed by atoms with Crippen LogP contribution in [0.25, 0.3) is 33.1 Å². The molecule has 3 aromatic carbocycles. The van der Waals surface area contributed by atoms with E-state index in [9.17, 15) is 31.9 Å². The third-order valence-corrected chi connectivity index (χ3v) is 18.4. The average molecular weight is 1550 g/mol. The molecule has 0 bridgehead atoms. The number of carboxylic acids is 1. The number of carboxylic acid groups (broad SMARTS) is 1. The van der Waals surface area contributed by atoms with E-state index in [1.54, 1.807) is 62.3 Å². The van der Waals surface area contributed by atoms with Crippen LogP contribution in [-0.2, 0) is 22.3 Å². The number of aryl methyl sites for hydroxylation is 3. The second-order valence-electron chi connectivity index (χ2n) is 28.1. The van der Waals surface area contributed by atoms with Crippen molar-refractivity contribution in [3.05, 3.63) is 189 Å². The molecule has 574 valence electrons. The van der Waals surface area contributed by atoms with Crippen LogP contribution in [0.15, 0.2) is 106 Å². The molecule has 0 radical (unpaired) electrons. The van der Waals surface area contributed by atoms with Gasteiger partial charge in [-0.15, -0.1) is 12.4 Å². The van der Waals surface area contributed by atoms with E-state index < -0.39 is 58.2 Å². The van der Waals surface area contributed by atoms with Crippen molar-refractivity contribution in [2.75, 3.05) is 59.7 Å². The van der Waals surface area contributed by atoms with E-state index in [1.807, 2.05) is 23.5 Å². The summed E-state index contributed by atoms with van der Waals surface area (Å²) in [5.41, 5.74) is 6.87. The molecular formula is C73H77Cl2F6N19O9. The summed E-state index contributed by atoms with van der Waals surface area (Å²) in [5.74, 6) is -2.28. The molecule has 3 fully saturated rings. The molecule has 3 N–H and O–H groups in total. The number of esters is 2. The van der Waals surface area contributed by atoms with E-state index in [4.69, 9.17) is 45.5 Å². The lowest BCUT2D eigenvalue weighted by Crippen LogP contribution is -2.35. The summed E-state index contributed by atoms with van der Waals surface area (Å²) in [5, 5.41) is 21.8. The Bertz CT molecular complexity index is 5260. The lowest BCUT2D eigenvalue weighted by Gasteiger charge is -2.31. The number of rotatable bonds is 13. The van der Waals surface area contributed by atoms with Crippen molar-refractivity contribution in [3.8, 4) is 0 Å². The van der Waals surface area contributed by atoms with Crippen molar-refractivity contribution >= 4 is 98.5 Å². The van der Waals surface area contributed by atoms with Gasteiger partial charge in [-0.1, -0.05) is 23.7 Å². The first-order valence-corrected chi connectivity index (χ1v) is 34.9. The predicted octanol–water partition coefficient (Wildman–Crippen LogP) is 13.9. The van der Waals surface area contributed by atoms with Crippen molar-refractivity contribution in [1.82, 2.24) is 74.0 Å². The highest BCUT2D eigenvalue weighted by molar-refractivity contribution is 6.34. The number of carbonyl (C=O) groups is 3. The summed E-state index contributed by atoms with van der Waals surface area (Å²) in [4.78, 5) is 78.9. The molecule has 0 saturated carbocycles. The van der Waals surface area contributed by atoms with Crippen LogP contribution in [0.2, 0.25) is 5.15 Å². The van der Waals surface area contributed by atoms with Crippen molar-refractivity contribution in [1.29, 1.82) is 0 Å². The smallest absolute Gasteiger partial charge is 0.338 e. The number of fused-ring (bicyclic) bond motifs is 3. The maximum atomic E-state index is 15.2. The van der Waals surface area contributed by atoms with Crippen molar-refractivity contribution in [2.24, 2.45) is 0 Å². The molecule has 3 saturated heterocycles. The number of carbonyl (C=O) groups excluding carboxylic acids is 2. The second-order valence-corrected chi connectivity index (χ2v) is 28.4. The van der Waals surface area contributed by atoms with E-state index in [0.717, 1.165) is 69.8 Å². The molecule has 15 rings (SSSR count). The van der Waals surface area contributed by atoms with Gasteiger partial charge in [0.25, 0.3) is 17.8 Å². The molecule has 9 aromatic heterocycles. The number of halogens is 8. The molecule has 12 heterocycles. The van der Waals surface area contributed by atoms with Crippen LogP contribution in [0, 0.1) is 55.7 Å². The van der Waals surface area contributed by atoms with Gasteiger partial charge in [-0.2, -0.15) is 15.0 Å². The van der Waals surface area contributed by atoms with E-state index >= 15 is 8.78 Å². The Labute approximate surface area is 630 Å². The zero-order valence-corrected chi connectivity index (χ0v) is 62.3. The molecule has 12 aromatic rings. The molecule has 0 unspecified atom stereocenters. The molecule has 0 atom stereocenters. The summed E-state index contributed by atoms with van der Waals surface area (Å²) in [6.07, 6.45) is 13.1. The van der Waals surface area contributed by atoms with Gasteiger partial charge in [0.2, 0.25) is 17.7 Å². The quantitative estimate of drug-likeness (QED) is 0.0468. The van der Waals surface area contributed by atoms with Crippen LogP contribution < -0.4 is 20.4 Å². The summed E-state index contributed by atoms with van der Waals surface area (Å²) in [7, 11) is 0. The minimum atomic E-state index is -1.21. The number of hydrogen-bond acceptors (Lipinski definition) is 24. The number of nitrogens with zero attached hydrogens (tertiary/aromatic N) is 18. The molecule has 28 nitrogen and oxygen atoms in total. The average Bonchev–Trinajstić information content (AvgIpc) is 1.64. The van der Waals surface area contributed by atoms with Gasteiger partial charge < -0.3 is 62.3 Å². The maximum Gasteiger partial charge on any atom is 0.338 e. The standard InChI is InChI=1S/C26H28F2N6O3.C22H20F2N6O3.C14H14ClFN6O.C11H14FNO2.ClH/c1-15-31-25(32-37-15)33-9-7-18(8-10-33)34-13-20(28)22-21(29-14-30-23(22)34)12-16-5-6-17(11-19(16)27)24(35)36-26(2,3)4;1-12-27-22(28-33-12)29-6-4-15(5-7-29)30-10-17(24)19-18(25-11-26-20(19)30)9-13-2-3-14(21(31)32)8-16(13)23;1-8-19-14(20-23-8)21-4-2-9(3-5-21)22-6-10(16)11-12(15)17-7-18-13(11)22;1-11(2,3)15-10(14)7-4-5-9(13)8(12)6-7;/h5-6,11,13-14,18H,7-10,12H2,1-4H3;2-3,8,10-11,15H,4-7,9H2,1H3,(H,31,32);6-7,9H,2-5H2,1H3;4-6H,13H2,1-3H3;1H. The zero-order valence-electron chi connectivity index (χ0n) is 60.7. The van der Waals surface area contributed by atoms with Gasteiger partial charge in [-0.05, 0) is 149 Å². The fraction of sp³-hybridized carbons (Fsp3) is 0.384. The topological polar surface area (TPSA) is 335 Å². The second kappa shape index (κ2) is 33.1. The fourth-order valence-corrected chi connectivity index (χ4v) is 13.1. The molecule has 3 aliphatic rings. The molecular weight excluding hydrogens is 1470 g/mol. The number of hydrogen-bond donors (Lipinski definition) is 2. The number of nitrogen functional groups attached to an aromatic ring is 1. The maximum absolute atomic E-state index is 15.2. The first-order valence-electron chi connectivity index (χ1n) is 34.6. The summed E-state index contributed by atoms with van der Waals surface area (Å²) in [6, 6.07) is 11.9. The highest BCUT2D eigenvalue weighted by Gasteiger charge is 2.32. The lowest BCUT2D eigenvalue weighted by atomic mass is 10.0. The third kappa shape index (κ3) is 18.5. The fourth-order valence-electron chi connectivity index (χ4n) is 12.9. The Balaban J connectivity index is 0.000000151. The summed E-state index contributed by atoms with van der Waals surface area (Å²) < 4.78 is 118. The highest BCUT2D eigenvalue weighted by atomic mass is 35.5. The van der Waals surface area contributed by atoms with Crippen LogP contribution in [0.4, 0.5) is 49.9 Å². The minimum Gasteiger partial charge on any atom is -0.478 e. The van der Waals surface area contributed by atoms with Crippen LogP contribution in [0.1, 0.15) is 169 Å². The molecule has 0 aliphatic carbocycles. The number of piperidine rings is 3. The van der Waals surface area contributed by atoms with Gasteiger partial charge in [0, 0.05) is 110 Å². The molecule has 0 amide bonds. The zero-order chi connectivity index (χ0) is 77.0. The monoisotopic (exact) mass is 1550 g/mol. The Morgan fingerprint density at radius 1 is 0.486 bits per heavy atom. The highest BCUT2D eigenvalue weighted by Crippen LogP contribution is 2.36. The normalized spacial score (nSPS) is 14.6. The van der Waals surface area contributed by atoms with Gasteiger partial charge in [-0.25, -0.2) is 70.6 Å². The summed E-state index contributed by atoms with van der Waals surface area (Å²) >= 11 is 5.98. The van der Waals surface area contributed by atoms with E-state index in [1.165, 1.54) is 74.0 Å². The van der Waals surface area contributed by atoms with Crippen LogP contribution in [0.5, 0.6) is 0 Å². The Hall–Kier alpha value is -11.3. The molecule has 109 heavy (non-hydrogen) atoms. The Kier molecular flexibility index (Phi) is 23.9. The van der Waals surface area contributed by atoms with Gasteiger partial charge >= 0.3 is 17.9 Å². The number of nitrogens with two attached hydrogens (primary N) is 1. The number of aromatic nitrogens is 15. The van der Waals surface area contributed by atoms with Crippen molar-refractivity contribution < 1.29 is 68.9 Å². The molecule has 0 spiro atoms. The van der Waals surface area contributed by atoms with Crippen LogP contribution in [-0.4, -0.2) is 148 Å². The third-order valence-electron chi connectivity index (χ3n) is 18.1. The lowest BCUT2D eigenvalue weighted by molar-refractivity contribution is 0.00566. The van der Waals surface area contributed by atoms with Crippen LogP contribution >= 0.6 is 24.0 Å². The minimum absolute atomic E-state index is 0. The number of aromatic carboxylic acids is 1. The largest absolute Gasteiger partial charge is 0.478 e. The Morgan fingerprint density at radius 3 is 1.16 bits per heavy atom. The number of benzene rings is 3. The Morgan fingerprint density at radius 2 is 0.817 bits per heavy atom. The first kappa shape index (κ1) is 78.8. The molecule has 3 aliphatic heterocycles. The van der Waals surface area contributed by atoms with Crippen molar-refractivity contribution in [2.45, 2.75) is 143 Å². The van der Waals surface area contributed by atoms with Gasteiger partial charge in [-0.3, -0.25) is 0 Å². The van der Waals surface area contributed by atoms with Crippen molar-refractivity contribution in [3.63, 3.8) is 0 Å². The predicted molar refractivity (Wildman–Crippen MR) is 390 cm³/mol. The van der Waals surface area contributed by atoms with E-state index in [2.05, 4.69) is 65.2 Å². The van der Waals surface area contributed by atoms with Gasteiger partial charge in [0.05, 0.1) is 49.9 Å². The number of ether oxygens (including phenoxy) is 2. The number of anilines is 4. The van der Waals surface area contributed by atoms with Crippen LogP contribution in [0.3, 0.4) is 0 Å². The molecule has 36 heteroatoms. The van der Waals surface area contributed by atoms with E-state index in [0.29, 0.717) is 95.6 Å². The SMILES string of the molecule is CC(C)(C)OC(=O)c1ccc(N)c(F)c1.Cc1nc(N2CCC(n3cc(F)c4c(Cc5ccc(C(=O)O)cc5F)ncnc43)CC2)no1.Cc1nc(N2CCC(n3cc(F)c4c(Cc5ccc(C(=O)OC(C)(C)C)cc5F)ncnc43)CC2)no1.Cc1nc(N2CCC(n3cc(F)c4c(Cl)ncnc43)CC2)no1.Cl. The van der Waals surface area contributed by atoms with E-state index in [-0.39, 0.29) is 98.4 Å². The van der Waals surface area contributed by atoms with Gasteiger partial charge in [0.1, 0.15) is 69.7 Å².